The Kier molecular flexibility index (Phi) is 6.87. The molecule has 1 amide bonds. The number of hydrogen-bond donors (Lipinski definition) is 1. The van der Waals surface area contributed by atoms with Gasteiger partial charge < -0.3 is 14.8 Å². The number of hydrogen-bond acceptors (Lipinski definition) is 4. The Balaban J connectivity index is 1.72. The van der Waals surface area contributed by atoms with Crippen LogP contribution in [-0.4, -0.2) is 18.5 Å². The molecule has 0 aliphatic carbocycles. The first-order valence-corrected chi connectivity index (χ1v) is 9.50. The summed E-state index contributed by atoms with van der Waals surface area (Å²) in [6.45, 7) is 2.33. The predicted molar refractivity (Wildman–Crippen MR) is 113 cm³/mol. The van der Waals surface area contributed by atoms with Gasteiger partial charge in [-0.05, 0) is 42.8 Å². The summed E-state index contributed by atoms with van der Waals surface area (Å²) >= 11 is 6.16. The van der Waals surface area contributed by atoms with Crippen molar-refractivity contribution in [2.24, 2.45) is 0 Å². The van der Waals surface area contributed by atoms with Crippen LogP contribution in [-0.2, 0) is 11.3 Å². The fourth-order valence-corrected chi connectivity index (χ4v) is 2.94. The highest BCUT2D eigenvalue weighted by molar-refractivity contribution is 6.34. The number of halogens is 1. The summed E-state index contributed by atoms with van der Waals surface area (Å²) in [5.41, 5.74) is 2.11. The van der Waals surface area contributed by atoms with Crippen molar-refractivity contribution < 1.29 is 19.1 Å². The number of anilines is 1. The summed E-state index contributed by atoms with van der Waals surface area (Å²) in [7, 11) is 0. The van der Waals surface area contributed by atoms with Crippen molar-refractivity contribution in [2.75, 3.05) is 11.9 Å². The average Bonchev–Trinajstić information content (AvgIpc) is 2.73. The lowest BCUT2D eigenvalue weighted by atomic mass is 10.1. The molecule has 148 valence electrons. The molecule has 5 nitrogen and oxygen atoms in total. The summed E-state index contributed by atoms with van der Waals surface area (Å²) < 4.78 is 10.8. The maximum atomic E-state index is 12.8. The predicted octanol–water partition coefficient (Wildman–Crippen LogP) is 5.35. The molecule has 0 unspecified atom stereocenters. The molecule has 0 fully saturated rings. The van der Waals surface area contributed by atoms with Gasteiger partial charge >= 0.3 is 5.97 Å². The second-order valence-electron chi connectivity index (χ2n) is 6.14. The molecule has 3 rings (SSSR count). The van der Waals surface area contributed by atoms with Crippen molar-refractivity contribution in [3.05, 3.63) is 94.5 Å². The van der Waals surface area contributed by atoms with Gasteiger partial charge in [0.25, 0.3) is 5.91 Å². The highest BCUT2D eigenvalue weighted by atomic mass is 35.5. The standard InChI is InChI=1S/C23H20ClNO4/c1-2-28-23(27)18-13-12-17(14-20(18)24)25-22(26)19-10-6-7-11-21(19)29-15-16-8-4-3-5-9-16/h3-14H,2,15H2,1H3,(H,25,26). The smallest absolute Gasteiger partial charge is 0.339 e. The number of para-hydroxylation sites is 1. The van der Waals surface area contributed by atoms with Gasteiger partial charge in [0, 0.05) is 5.69 Å². The molecule has 1 N–H and O–H groups in total. The minimum Gasteiger partial charge on any atom is -0.488 e. The number of carbonyl (C=O) groups excluding carboxylic acids is 2. The van der Waals surface area contributed by atoms with Gasteiger partial charge in [-0.2, -0.15) is 0 Å². The molecule has 0 aliphatic rings. The fourth-order valence-electron chi connectivity index (χ4n) is 2.68. The zero-order valence-corrected chi connectivity index (χ0v) is 16.6. The zero-order chi connectivity index (χ0) is 20.6. The molecule has 6 heteroatoms. The van der Waals surface area contributed by atoms with Gasteiger partial charge in [-0.15, -0.1) is 0 Å². The minimum absolute atomic E-state index is 0.204. The topological polar surface area (TPSA) is 64.6 Å². The Bertz CT molecular complexity index is 1000. The molecule has 0 bridgehead atoms. The summed E-state index contributed by atoms with van der Waals surface area (Å²) in [5, 5.41) is 2.98. The summed E-state index contributed by atoms with van der Waals surface area (Å²) in [6.07, 6.45) is 0. The fraction of sp³-hybridized carbons (Fsp3) is 0.130. The Hall–Kier alpha value is -3.31. The van der Waals surface area contributed by atoms with Gasteiger partial charge in [0.2, 0.25) is 0 Å². The van der Waals surface area contributed by atoms with Crippen LogP contribution in [0.4, 0.5) is 5.69 Å². The van der Waals surface area contributed by atoms with E-state index in [4.69, 9.17) is 21.1 Å². The van der Waals surface area contributed by atoms with Crippen LogP contribution in [0.5, 0.6) is 5.75 Å². The molecule has 0 spiro atoms. The first-order chi connectivity index (χ1) is 14.1. The van der Waals surface area contributed by atoms with E-state index in [0.717, 1.165) is 5.56 Å². The highest BCUT2D eigenvalue weighted by Crippen LogP contribution is 2.24. The summed E-state index contributed by atoms with van der Waals surface area (Å²) in [5.74, 6) is -0.369. The van der Waals surface area contributed by atoms with E-state index < -0.39 is 5.97 Å². The van der Waals surface area contributed by atoms with Gasteiger partial charge in [-0.1, -0.05) is 54.1 Å². The molecule has 0 saturated heterocycles. The first-order valence-electron chi connectivity index (χ1n) is 9.12. The van der Waals surface area contributed by atoms with Gasteiger partial charge in [0.1, 0.15) is 12.4 Å². The van der Waals surface area contributed by atoms with E-state index in [2.05, 4.69) is 5.32 Å². The molecule has 3 aromatic rings. The lowest BCUT2D eigenvalue weighted by molar-refractivity contribution is 0.0526. The molecule has 0 atom stereocenters. The zero-order valence-electron chi connectivity index (χ0n) is 15.9. The van der Waals surface area contributed by atoms with Crippen LogP contribution in [0.25, 0.3) is 0 Å². The van der Waals surface area contributed by atoms with Gasteiger partial charge in [-0.25, -0.2) is 4.79 Å². The number of carbonyl (C=O) groups is 2. The molecular formula is C23H20ClNO4. The third-order valence-electron chi connectivity index (χ3n) is 4.09. The third-order valence-corrected chi connectivity index (χ3v) is 4.40. The second kappa shape index (κ2) is 9.75. The molecule has 0 heterocycles. The number of amides is 1. The van der Waals surface area contributed by atoms with Gasteiger partial charge in [-0.3, -0.25) is 4.79 Å². The van der Waals surface area contributed by atoms with Crippen molar-refractivity contribution in [3.63, 3.8) is 0 Å². The van der Waals surface area contributed by atoms with Crippen LogP contribution < -0.4 is 10.1 Å². The molecule has 0 radical (unpaired) electrons. The number of rotatable bonds is 7. The SMILES string of the molecule is CCOC(=O)c1ccc(NC(=O)c2ccccc2OCc2ccccc2)cc1Cl. The first kappa shape index (κ1) is 20.4. The molecular weight excluding hydrogens is 390 g/mol. The third kappa shape index (κ3) is 5.36. The maximum Gasteiger partial charge on any atom is 0.339 e. The van der Waals surface area contributed by atoms with Crippen molar-refractivity contribution in [2.45, 2.75) is 13.5 Å². The Labute approximate surface area is 174 Å². The molecule has 29 heavy (non-hydrogen) atoms. The molecule has 3 aromatic carbocycles. The highest BCUT2D eigenvalue weighted by Gasteiger charge is 2.15. The van der Waals surface area contributed by atoms with E-state index in [0.29, 0.717) is 23.6 Å². The van der Waals surface area contributed by atoms with Crippen molar-refractivity contribution in [3.8, 4) is 5.75 Å². The lowest BCUT2D eigenvalue weighted by Crippen LogP contribution is -2.14. The van der Waals surface area contributed by atoms with Crippen molar-refractivity contribution in [1.82, 2.24) is 0 Å². The van der Waals surface area contributed by atoms with E-state index in [1.165, 1.54) is 12.1 Å². The van der Waals surface area contributed by atoms with E-state index in [-0.39, 0.29) is 23.1 Å². The second-order valence-corrected chi connectivity index (χ2v) is 6.55. The van der Waals surface area contributed by atoms with Gasteiger partial charge in [0.15, 0.2) is 0 Å². The largest absolute Gasteiger partial charge is 0.488 e. The van der Waals surface area contributed by atoms with Crippen LogP contribution in [0.2, 0.25) is 5.02 Å². The Morgan fingerprint density at radius 2 is 1.66 bits per heavy atom. The minimum atomic E-state index is -0.505. The molecule has 0 aliphatic heterocycles. The van der Waals surface area contributed by atoms with Gasteiger partial charge in [0.05, 0.1) is 22.8 Å². The summed E-state index contributed by atoms with van der Waals surface area (Å²) in [4.78, 5) is 24.6. The average molecular weight is 410 g/mol. The molecule has 0 aromatic heterocycles. The number of nitrogens with one attached hydrogen (secondary N) is 1. The van der Waals surface area contributed by atoms with Crippen molar-refractivity contribution >= 4 is 29.2 Å². The van der Waals surface area contributed by atoms with E-state index in [1.54, 1.807) is 31.2 Å². The van der Waals surface area contributed by atoms with Crippen molar-refractivity contribution in [1.29, 1.82) is 0 Å². The maximum absolute atomic E-state index is 12.8. The van der Waals surface area contributed by atoms with Crippen LogP contribution in [0, 0.1) is 0 Å². The van der Waals surface area contributed by atoms with E-state index in [1.807, 2.05) is 36.4 Å². The Morgan fingerprint density at radius 3 is 2.38 bits per heavy atom. The lowest BCUT2D eigenvalue weighted by Gasteiger charge is -2.12. The van der Waals surface area contributed by atoms with E-state index in [9.17, 15) is 9.59 Å². The number of esters is 1. The van der Waals surface area contributed by atoms with E-state index >= 15 is 0 Å². The van der Waals surface area contributed by atoms with Crippen LogP contribution >= 0.6 is 11.6 Å². The van der Waals surface area contributed by atoms with Crippen LogP contribution in [0.3, 0.4) is 0 Å². The number of benzene rings is 3. The quantitative estimate of drug-likeness (QED) is 0.534. The monoisotopic (exact) mass is 409 g/mol. The summed E-state index contributed by atoms with van der Waals surface area (Å²) in [6, 6.07) is 21.3. The Morgan fingerprint density at radius 1 is 0.931 bits per heavy atom. The molecule has 0 saturated carbocycles. The normalized spacial score (nSPS) is 10.3. The van der Waals surface area contributed by atoms with Crippen LogP contribution in [0.1, 0.15) is 33.2 Å². The number of ether oxygens (including phenoxy) is 2. The van der Waals surface area contributed by atoms with Crippen LogP contribution in [0.15, 0.2) is 72.8 Å².